The molecule has 1 aromatic carbocycles. The number of hydrogen-bond donors (Lipinski definition) is 1. The summed E-state index contributed by atoms with van der Waals surface area (Å²) in [6.07, 6.45) is 4.93. The molecule has 0 bridgehead atoms. The normalized spacial score (nSPS) is 14.5. The van der Waals surface area contributed by atoms with Crippen molar-refractivity contribution in [3.8, 4) is 0 Å². The van der Waals surface area contributed by atoms with Gasteiger partial charge in [-0.15, -0.1) is 0 Å². The molecule has 0 saturated carbocycles. The molecule has 0 radical (unpaired) electrons. The molecule has 1 aliphatic heterocycles. The fourth-order valence-electron chi connectivity index (χ4n) is 2.63. The Hall–Kier alpha value is -2.36. The maximum absolute atomic E-state index is 12.5. The van der Waals surface area contributed by atoms with E-state index in [2.05, 4.69) is 17.1 Å². The van der Waals surface area contributed by atoms with Crippen LogP contribution in [0.5, 0.6) is 0 Å². The molecule has 0 aliphatic carbocycles. The van der Waals surface area contributed by atoms with Gasteiger partial charge >= 0.3 is 0 Å². The average molecular weight is 268 g/mol. The summed E-state index contributed by atoms with van der Waals surface area (Å²) >= 11 is 0. The molecule has 4 nitrogen and oxygen atoms in total. The Morgan fingerprint density at radius 1 is 1.15 bits per heavy atom. The van der Waals surface area contributed by atoms with Gasteiger partial charge < -0.3 is 9.88 Å². The summed E-state index contributed by atoms with van der Waals surface area (Å²) in [5, 5.41) is 0. The summed E-state index contributed by atoms with van der Waals surface area (Å²) in [5.74, 6) is -0.191. The fraction of sp³-hybridized carbons (Fsp3) is 0.250. The number of nitrogens with one attached hydrogen (secondary N) is 1. The third-order valence-electron chi connectivity index (χ3n) is 3.70. The molecule has 1 N–H and O–H groups in total. The van der Waals surface area contributed by atoms with Crippen molar-refractivity contribution >= 4 is 5.91 Å². The van der Waals surface area contributed by atoms with Crippen molar-refractivity contribution < 1.29 is 4.79 Å². The first-order chi connectivity index (χ1) is 9.75. The van der Waals surface area contributed by atoms with Crippen LogP contribution in [0.15, 0.2) is 47.5 Å². The van der Waals surface area contributed by atoms with E-state index in [4.69, 9.17) is 0 Å². The van der Waals surface area contributed by atoms with Crippen molar-refractivity contribution in [2.75, 3.05) is 6.54 Å². The lowest BCUT2D eigenvalue weighted by Gasteiger charge is -2.20. The zero-order valence-corrected chi connectivity index (χ0v) is 11.1. The van der Waals surface area contributed by atoms with Gasteiger partial charge in [0.1, 0.15) is 5.56 Å². The number of amides is 1. The number of rotatable bonds is 1. The number of hydrogen-bond acceptors (Lipinski definition) is 2. The van der Waals surface area contributed by atoms with Gasteiger partial charge in [-0.2, -0.15) is 0 Å². The van der Waals surface area contributed by atoms with Crippen molar-refractivity contribution in [1.82, 2.24) is 9.88 Å². The maximum Gasteiger partial charge on any atom is 0.259 e. The minimum absolute atomic E-state index is 0.191. The van der Waals surface area contributed by atoms with Crippen molar-refractivity contribution in [2.24, 2.45) is 0 Å². The number of carbonyl (C=O) groups is 1. The summed E-state index contributed by atoms with van der Waals surface area (Å²) in [6, 6.07) is 9.56. The fourth-order valence-corrected chi connectivity index (χ4v) is 2.63. The highest BCUT2D eigenvalue weighted by atomic mass is 16.2. The second kappa shape index (κ2) is 5.33. The number of aromatic nitrogens is 1. The van der Waals surface area contributed by atoms with Crippen LogP contribution in [0.1, 0.15) is 27.9 Å². The lowest BCUT2D eigenvalue weighted by molar-refractivity contribution is 0.0744. The minimum atomic E-state index is -0.230. The average Bonchev–Trinajstić information content (AvgIpc) is 2.69. The van der Waals surface area contributed by atoms with E-state index in [1.54, 1.807) is 4.90 Å². The molecule has 0 atom stereocenters. The second-order valence-corrected chi connectivity index (χ2v) is 5.02. The number of benzene rings is 1. The van der Waals surface area contributed by atoms with E-state index in [-0.39, 0.29) is 16.9 Å². The van der Waals surface area contributed by atoms with Crippen LogP contribution in [0.2, 0.25) is 0 Å². The molecule has 0 spiro atoms. The Labute approximate surface area is 117 Å². The van der Waals surface area contributed by atoms with Crippen LogP contribution in [0, 0.1) is 0 Å². The van der Waals surface area contributed by atoms with Crippen LogP contribution < -0.4 is 5.43 Å². The predicted molar refractivity (Wildman–Crippen MR) is 76.6 cm³/mol. The molecular formula is C16H16N2O2. The third kappa shape index (κ3) is 2.37. The zero-order valence-electron chi connectivity index (χ0n) is 11.1. The van der Waals surface area contributed by atoms with Crippen LogP contribution in [0.4, 0.5) is 0 Å². The monoisotopic (exact) mass is 268 g/mol. The molecular weight excluding hydrogens is 252 g/mol. The number of fused-ring (bicyclic) bond motifs is 1. The van der Waals surface area contributed by atoms with Crippen LogP contribution in [-0.4, -0.2) is 22.3 Å². The van der Waals surface area contributed by atoms with Crippen molar-refractivity contribution in [2.45, 2.75) is 19.4 Å². The first kappa shape index (κ1) is 12.7. The van der Waals surface area contributed by atoms with E-state index in [0.29, 0.717) is 13.1 Å². The molecule has 4 heteroatoms. The van der Waals surface area contributed by atoms with Gasteiger partial charge in [0.15, 0.2) is 5.43 Å². The molecule has 0 fully saturated rings. The predicted octanol–water partition coefficient (Wildman–Crippen LogP) is 1.96. The Morgan fingerprint density at radius 2 is 1.95 bits per heavy atom. The van der Waals surface area contributed by atoms with Gasteiger partial charge in [-0.3, -0.25) is 9.59 Å². The maximum atomic E-state index is 12.5. The summed E-state index contributed by atoms with van der Waals surface area (Å²) in [4.78, 5) is 28.8. The topological polar surface area (TPSA) is 53.2 Å². The second-order valence-electron chi connectivity index (χ2n) is 5.02. The number of aromatic amines is 1. The van der Waals surface area contributed by atoms with Gasteiger partial charge in [0, 0.05) is 31.5 Å². The van der Waals surface area contributed by atoms with E-state index >= 15 is 0 Å². The van der Waals surface area contributed by atoms with E-state index in [9.17, 15) is 9.59 Å². The summed E-state index contributed by atoms with van der Waals surface area (Å²) < 4.78 is 0. The standard InChI is InChI=1S/C16H16N2O2/c19-15-7-8-17-10-14(15)16(20)18-9-3-6-12-4-1-2-5-13(12)11-18/h1-2,4-5,7-8,10H,3,6,9,11H2,(H,17,19). The van der Waals surface area contributed by atoms with Gasteiger partial charge in [0.2, 0.25) is 0 Å². The SMILES string of the molecule is O=C(c1c[nH]ccc1=O)N1CCCc2ccccc2C1. The van der Waals surface area contributed by atoms with Crippen molar-refractivity contribution in [3.05, 3.63) is 69.6 Å². The summed E-state index contributed by atoms with van der Waals surface area (Å²) in [6.45, 7) is 1.26. The van der Waals surface area contributed by atoms with E-state index in [0.717, 1.165) is 12.8 Å². The zero-order chi connectivity index (χ0) is 13.9. The molecule has 0 saturated heterocycles. The molecule has 1 aliphatic rings. The molecule has 2 heterocycles. The number of pyridine rings is 1. The molecule has 102 valence electrons. The largest absolute Gasteiger partial charge is 0.367 e. The van der Waals surface area contributed by atoms with Crippen LogP contribution >= 0.6 is 0 Å². The lowest BCUT2D eigenvalue weighted by atomic mass is 10.0. The highest BCUT2D eigenvalue weighted by Crippen LogP contribution is 2.19. The minimum Gasteiger partial charge on any atom is -0.367 e. The molecule has 1 aromatic heterocycles. The molecule has 20 heavy (non-hydrogen) atoms. The molecule has 2 aromatic rings. The van der Waals surface area contributed by atoms with Gasteiger partial charge in [0.05, 0.1) is 0 Å². The number of H-pyrrole nitrogens is 1. The van der Waals surface area contributed by atoms with E-state index in [1.165, 1.54) is 29.6 Å². The summed E-state index contributed by atoms with van der Waals surface area (Å²) in [7, 11) is 0. The Morgan fingerprint density at radius 3 is 2.75 bits per heavy atom. The highest BCUT2D eigenvalue weighted by molar-refractivity contribution is 5.93. The first-order valence-electron chi connectivity index (χ1n) is 6.79. The van der Waals surface area contributed by atoms with Gasteiger partial charge in [-0.1, -0.05) is 24.3 Å². The lowest BCUT2D eigenvalue weighted by Crippen LogP contribution is -2.33. The van der Waals surface area contributed by atoms with E-state index < -0.39 is 0 Å². The smallest absolute Gasteiger partial charge is 0.259 e. The van der Waals surface area contributed by atoms with Crippen molar-refractivity contribution in [1.29, 1.82) is 0 Å². The number of aryl methyl sites for hydroxylation is 1. The number of nitrogens with zero attached hydrogens (tertiary/aromatic N) is 1. The van der Waals surface area contributed by atoms with Crippen molar-refractivity contribution in [3.63, 3.8) is 0 Å². The van der Waals surface area contributed by atoms with E-state index in [1.807, 2.05) is 12.1 Å². The quantitative estimate of drug-likeness (QED) is 0.859. The van der Waals surface area contributed by atoms with Crippen LogP contribution in [-0.2, 0) is 13.0 Å². The molecule has 0 unspecified atom stereocenters. The van der Waals surface area contributed by atoms with Crippen LogP contribution in [0.3, 0.4) is 0 Å². The van der Waals surface area contributed by atoms with Crippen LogP contribution in [0.25, 0.3) is 0 Å². The Bertz CT molecular complexity index is 691. The molecule has 1 amide bonds. The summed E-state index contributed by atoms with van der Waals surface area (Å²) in [5.41, 5.74) is 2.45. The molecule has 3 rings (SSSR count). The third-order valence-corrected chi connectivity index (χ3v) is 3.70. The van der Waals surface area contributed by atoms with Gasteiger partial charge in [-0.05, 0) is 24.0 Å². The first-order valence-corrected chi connectivity index (χ1v) is 6.79. The highest BCUT2D eigenvalue weighted by Gasteiger charge is 2.21. The Balaban J connectivity index is 1.90. The number of carbonyl (C=O) groups excluding carboxylic acids is 1. The van der Waals surface area contributed by atoms with Gasteiger partial charge in [0.25, 0.3) is 5.91 Å². The Kier molecular flexibility index (Phi) is 3.37. The van der Waals surface area contributed by atoms with Gasteiger partial charge in [-0.25, -0.2) is 0 Å².